The van der Waals surface area contributed by atoms with Crippen molar-refractivity contribution in [3.63, 3.8) is 0 Å². The molecule has 8 N–H and O–H groups in total. The highest BCUT2D eigenvalue weighted by atomic mass is 32.2. The minimum Gasteiger partial charge on any atom is -0.504 e. The molecular weight excluding hydrogens is 390 g/mol. The quantitative estimate of drug-likeness (QED) is 0.128. The zero-order valence-corrected chi connectivity index (χ0v) is 16.8. The molecule has 2 rings (SSSR count). The molecule has 0 saturated carbocycles. The van der Waals surface area contributed by atoms with E-state index in [2.05, 4.69) is 10.0 Å². The number of nitrogen functional groups attached to an aromatic ring is 1. The van der Waals surface area contributed by atoms with Crippen molar-refractivity contribution in [2.45, 2.75) is 19.9 Å². The Bertz CT molecular complexity index is 957. The fourth-order valence-corrected chi connectivity index (χ4v) is 2.92. The summed E-state index contributed by atoms with van der Waals surface area (Å²) in [6.45, 7) is 3.11. The molecule has 0 spiro atoms. The number of hydrogen-bond acceptors (Lipinski definition) is 7. The molecule has 0 aliphatic rings. The van der Waals surface area contributed by atoms with Crippen molar-refractivity contribution in [1.29, 1.82) is 5.41 Å². The molecule has 8 nitrogen and oxygen atoms in total. The number of anilines is 1. The summed E-state index contributed by atoms with van der Waals surface area (Å²) in [7, 11) is 0. The highest BCUT2D eigenvalue weighted by Crippen LogP contribution is 2.24. The number of rotatable bonds is 8. The summed E-state index contributed by atoms with van der Waals surface area (Å²) in [5, 5.41) is 25.8. The zero-order valence-electron chi connectivity index (χ0n) is 16.0. The molecule has 0 aliphatic carbocycles. The van der Waals surface area contributed by atoms with Gasteiger partial charge in [0.25, 0.3) is 5.91 Å². The minimum absolute atomic E-state index is 0.0502. The first-order valence-corrected chi connectivity index (χ1v) is 9.49. The molecule has 0 radical (unpaired) electrons. The van der Waals surface area contributed by atoms with Gasteiger partial charge in [0.2, 0.25) is 0 Å². The van der Waals surface area contributed by atoms with Crippen LogP contribution in [-0.4, -0.2) is 22.6 Å². The van der Waals surface area contributed by atoms with Gasteiger partial charge >= 0.3 is 0 Å². The van der Waals surface area contributed by atoms with Crippen LogP contribution in [-0.2, 0) is 9.59 Å². The van der Waals surface area contributed by atoms with E-state index >= 15 is 0 Å². The summed E-state index contributed by atoms with van der Waals surface area (Å²) in [6, 6.07) is 11.3. The van der Waals surface area contributed by atoms with E-state index in [1.165, 1.54) is 13.0 Å². The van der Waals surface area contributed by atoms with Crippen LogP contribution in [0.15, 0.2) is 48.2 Å². The Kier molecular flexibility index (Phi) is 7.40. The third-order valence-electron chi connectivity index (χ3n) is 4.05. The Morgan fingerprint density at radius 1 is 1.21 bits per heavy atom. The normalized spacial score (nSPS) is 12.2. The number of benzene rings is 2. The number of Topliss-reactive ketones (excluding diaryl/α,β-unsaturated/α-hetero) is 1. The van der Waals surface area contributed by atoms with Gasteiger partial charge in [0, 0.05) is 30.3 Å². The van der Waals surface area contributed by atoms with Gasteiger partial charge < -0.3 is 16.2 Å². The molecule has 0 aliphatic heterocycles. The molecule has 1 unspecified atom stereocenters. The lowest BCUT2D eigenvalue weighted by molar-refractivity contribution is -0.120. The van der Waals surface area contributed by atoms with Gasteiger partial charge in [0.05, 0.1) is 0 Å². The first-order valence-electron chi connectivity index (χ1n) is 8.61. The monoisotopic (exact) mass is 413 g/mol. The van der Waals surface area contributed by atoms with Crippen molar-refractivity contribution < 1.29 is 14.7 Å². The largest absolute Gasteiger partial charge is 0.504 e. The molecule has 0 saturated heterocycles. The third kappa shape index (κ3) is 6.09. The Balaban J connectivity index is 2.43. The van der Waals surface area contributed by atoms with Crippen LogP contribution in [0.5, 0.6) is 0 Å². The topological polar surface area (TPSA) is 154 Å². The van der Waals surface area contributed by atoms with Crippen molar-refractivity contribution in [2.24, 2.45) is 10.9 Å². The predicted octanol–water partition coefficient (Wildman–Crippen LogP) is 2.56. The maximum absolute atomic E-state index is 12.6. The van der Waals surface area contributed by atoms with Crippen LogP contribution in [0.2, 0.25) is 0 Å². The maximum atomic E-state index is 12.6. The molecule has 1 amide bonds. The van der Waals surface area contributed by atoms with Crippen LogP contribution in [0.3, 0.4) is 0 Å². The van der Waals surface area contributed by atoms with Crippen molar-refractivity contribution in [3.8, 4) is 0 Å². The summed E-state index contributed by atoms with van der Waals surface area (Å²) >= 11 is 0.692. The lowest BCUT2D eigenvalue weighted by Gasteiger charge is -2.20. The molecule has 29 heavy (non-hydrogen) atoms. The molecule has 2 aromatic rings. The standard InChI is InChI=1S/C20H23N5O3S/c1-11-7-13(10-17(27)12(2)26)9-15(8-11)18(20(28)25-29-23)24-16-5-3-14(4-6-16)19(21)22/h3-10,18,24,27H,23H2,1-2H3,(H3,21,22)(H,25,28)/b17-10-. The maximum Gasteiger partial charge on any atom is 0.257 e. The number of aliphatic hydroxyl groups is 1. The van der Waals surface area contributed by atoms with E-state index in [4.69, 9.17) is 16.3 Å². The zero-order chi connectivity index (χ0) is 21.6. The van der Waals surface area contributed by atoms with E-state index < -0.39 is 11.8 Å². The second-order valence-electron chi connectivity index (χ2n) is 6.42. The average molecular weight is 414 g/mol. The van der Waals surface area contributed by atoms with Gasteiger partial charge in [-0.25, -0.2) is 0 Å². The molecular formula is C20H23N5O3S. The van der Waals surface area contributed by atoms with Crippen molar-refractivity contribution in [1.82, 2.24) is 4.72 Å². The van der Waals surface area contributed by atoms with Crippen LogP contribution in [0.25, 0.3) is 6.08 Å². The first-order chi connectivity index (χ1) is 13.7. The van der Waals surface area contributed by atoms with E-state index in [9.17, 15) is 14.7 Å². The Labute approximate surface area is 173 Å². The average Bonchev–Trinajstić information content (AvgIpc) is 2.66. The lowest BCUT2D eigenvalue weighted by atomic mass is 9.99. The van der Waals surface area contributed by atoms with E-state index in [0.717, 1.165) is 5.56 Å². The summed E-state index contributed by atoms with van der Waals surface area (Å²) in [4.78, 5) is 24.0. The smallest absolute Gasteiger partial charge is 0.257 e. The minimum atomic E-state index is -0.791. The Morgan fingerprint density at radius 3 is 2.41 bits per heavy atom. The van der Waals surface area contributed by atoms with E-state index in [0.29, 0.717) is 34.5 Å². The van der Waals surface area contributed by atoms with Gasteiger partial charge in [-0.15, -0.1) is 0 Å². The fourth-order valence-electron chi connectivity index (χ4n) is 2.68. The van der Waals surface area contributed by atoms with Crippen molar-refractivity contribution in [3.05, 3.63) is 70.5 Å². The van der Waals surface area contributed by atoms with Crippen molar-refractivity contribution >= 4 is 41.4 Å². The van der Waals surface area contributed by atoms with Crippen LogP contribution in [0.1, 0.15) is 35.2 Å². The number of carbonyl (C=O) groups is 2. The van der Waals surface area contributed by atoms with Crippen LogP contribution >= 0.6 is 12.1 Å². The summed E-state index contributed by atoms with van der Waals surface area (Å²) < 4.78 is 2.51. The van der Waals surface area contributed by atoms with Crippen LogP contribution in [0, 0.1) is 12.3 Å². The molecule has 0 aromatic heterocycles. The predicted molar refractivity (Wildman–Crippen MR) is 116 cm³/mol. The Hall–Kier alpha value is -3.30. The number of aryl methyl sites for hydroxylation is 1. The van der Waals surface area contributed by atoms with Crippen LogP contribution in [0.4, 0.5) is 5.69 Å². The summed E-state index contributed by atoms with van der Waals surface area (Å²) in [6.07, 6.45) is 1.35. The van der Waals surface area contributed by atoms with Gasteiger partial charge in [0.15, 0.2) is 11.5 Å². The molecule has 0 bridgehead atoms. The number of amides is 1. The van der Waals surface area contributed by atoms with E-state index in [-0.39, 0.29) is 17.5 Å². The third-order valence-corrected chi connectivity index (χ3v) is 4.37. The second kappa shape index (κ2) is 9.76. The molecule has 2 aromatic carbocycles. The van der Waals surface area contributed by atoms with Gasteiger partial charge in [-0.05, 0) is 54.5 Å². The second-order valence-corrected chi connectivity index (χ2v) is 6.86. The van der Waals surface area contributed by atoms with Crippen molar-refractivity contribution in [2.75, 3.05) is 5.32 Å². The molecule has 1 atom stereocenters. The fraction of sp³-hybridized carbons (Fsp3) is 0.150. The van der Waals surface area contributed by atoms with Gasteiger partial charge in [0.1, 0.15) is 11.9 Å². The number of ketones is 1. The molecule has 9 heteroatoms. The number of hydrogen-bond donors (Lipinski definition) is 6. The number of aliphatic hydroxyl groups excluding tert-OH is 1. The van der Waals surface area contributed by atoms with Crippen LogP contribution < -0.4 is 20.9 Å². The lowest BCUT2D eigenvalue weighted by Crippen LogP contribution is -2.30. The van der Waals surface area contributed by atoms with E-state index in [1.807, 2.05) is 13.0 Å². The van der Waals surface area contributed by atoms with E-state index in [1.54, 1.807) is 36.4 Å². The highest BCUT2D eigenvalue weighted by molar-refractivity contribution is 7.95. The molecule has 0 heterocycles. The number of carbonyl (C=O) groups excluding carboxylic acids is 2. The highest BCUT2D eigenvalue weighted by Gasteiger charge is 2.21. The SMILES string of the molecule is CC(=O)/C(O)=C/c1cc(C)cc(C(Nc2ccc(C(=N)N)cc2)C(=O)NSN)c1. The number of allylic oxidation sites excluding steroid dienone is 1. The van der Waals surface area contributed by atoms with Gasteiger partial charge in [-0.1, -0.05) is 17.7 Å². The summed E-state index contributed by atoms with van der Waals surface area (Å²) in [5.41, 5.74) is 8.73. The van der Waals surface area contributed by atoms with Gasteiger partial charge in [-0.3, -0.25) is 24.9 Å². The summed E-state index contributed by atoms with van der Waals surface area (Å²) in [5.74, 6) is -1.24. The molecule has 0 fully saturated rings. The van der Waals surface area contributed by atoms with Gasteiger partial charge in [-0.2, -0.15) is 0 Å². The number of nitrogens with two attached hydrogens (primary N) is 2. The molecule has 152 valence electrons. The first kappa shape index (κ1) is 22.0. The number of amidine groups is 1. The Morgan fingerprint density at radius 2 is 1.86 bits per heavy atom. The number of nitrogens with one attached hydrogen (secondary N) is 3.